The van der Waals surface area contributed by atoms with Crippen LogP contribution >= 0.6 is 0 Å². The van der Waals surface area contributed by atoms with Crippen LogP contribution in [-0.2, 0) is 12.1 Å². The second-order valence-electron chi connectivity index (χ2n) is 5.36. The van der Waals surface area contributed by atoms with E-state index in [1.165, 1.54) is 11.1 Å². The van der Waals surface area contributed by atoms with Gasteiger partial charge in [0.15, 0.2) is 5.82 Å². The Hall–Kier alpha value is -3.15. The summed E-state index contributed by atoms with van der Waals surface area (Å²) in [6, 6.07) is 3.47. The van der Waals surface area contributed by atoms with Crippen molar-refractivity contribution >= 4 is 17.7 Å². The van der Waals surface area contributed by atoms with Crippen LogP contribution in [0.1, 0.15) is 30.9 Å². The molecule has 0 radical (unpaired) electrons. The largest absolute Gasteiger partial charge is 0.465 e. The van der Waals surface area contributed by atoms with Crippen LogP contribution in [0.25, 0.3) is 0 Å². The average molecular weight is 299 g/mol. The van der Waals surface area contributed by atoms with Crippen LogP contribution in [0.3, 0.4) is 0 Å². The molecular weight excluding hydrogens is 286 g/mol. The summed E-state index contributed by atoms with van der Waals surface area (Å²) in [6.07, 6.45) is 0.475. The van der Waals surface area contributed by atoms with Gasteiger partial charge in [0.05, 0.1) is 17.8 Å². The number of nitrogens with zero attached hydrogens (tertiary/aromatic N) is 5. The number of hydrogen-bond acceptors (Lipinski definition) is 6. The summed E-state index contributed by atoms with van der Waals surface area (Å²) < 4.78 is 0. The number of carboxylic acid groups (broad SMARTS) is 1. The smallest absolute Gasteiger partial charge is 0.408 e. The highest BCUT2D eigenvalue weighted by atomic mass is 16.4. The van der Waals surface area contributed by atoms with Crippen LogP contribution in [-0.4, -0.2) is 36.3 Å². The molecule has 3 heterocycles. The molecule has 1 amide bonds. The van der Waals surface area contributed by atoms with Gasteiger partial charge in [-0.25, -0.2) is 14.8 Å². The number of anilines is 2. The lowest BCUT2D eigenvalue weighted by atomic mass is 10.0. The molecule has 0 aliphatic carbocycles. The van der Waals surface area contributed by atoms with Gasteiger partial charge in [-0.1, -0.05) is 0 Å². The van der Waals surface area contributed by atoms with Crippen molar-refractivity contribution in [3.8, 4) is 6.07 Å². The molecule has 1 aliphatic rings. The zero-order valence-corrected chi connectivity index (χ0v) is 12.0. The van der Waals surface area contributed by atoms with Gasteiger partial charge in [-0.3, -0.25) is 10.00 Å². The first-order valence-electron chi connectivity index (χ1n) is 6.52. The summed E-state index contributed by atoms with van der Waals surface area (Å²) in [6.45, 7) is 3.85. The summed E-state index contributed by atoms with van der Waals surface area (Å²) in [5.41, 5.74) is 0.828. The summed E-state index contributed by atoms with van der Waals surface area (Å²) >= 11 is 0. The fraction of sp³-hybridized carbons (Fsp3) is 0.308. The first-order valence-corrected chi connectivity index (χ1v) is 6.52. The van der Waals surface area contributed by atoms with Crippen LogP contribution in [0, 0.1) is 11.3 Å². The Bertz CT molecular complexity index is 790. The zero-order valence-electron chi connectivity index (χ0n) is 12.0. The highest BCUT2D eigenvalue weighted by molar-refractivity contribution is 5.70. The zero-order chi connectivity index (χ0) is 15.9. The summed E-state index contributed by atoms with van der Waals surface area (Å²) in [5, 5.41) is 28.2. The molecule has 0 unspecified atom stereocenters. The SMILES string of the molecule is CC1(C)c2[nH]nc(Nc3ccnc(C#N)n3)c2CN1C(=O)O. The number of aromatic amines is 1. The minimum Gasteiger partial charge on any atom is -0.465 e. The Balaban J connectivity index is 1.94. The second-order valence-corrected chi connectivity index (χ2v) is 5.36. The van der Waals surface area contributed by atoms with Gasteiger partial charge in [-0.2, -0.15) is 10.4 Å². The van der Waals surface area contributed by atoms with Crippen LogP contribution < -0.4 is 5.32 Å². The van der Waals surface area contributed by atoms with Crippen molar-refractivity contribution < 1.29 is 9.90 Å². The molecule has 0 atom stereocenters. The third-order valence-corrected chi connectivity index (χ3v) is 3.70. The Labute approximate surface area is 125 Å². The van der Waals surface area contributed by atoms with E-state index in [0.717, 1.165) is 11.3 Å². The van der Waals surface area contributed by atoms with Crippen LogP contribution in [0.2, 0.25) is 0 Å². The molecule has 0 saturated carbocycles. The maximum absolute atomic E-state index is 11.4. The van der Waals surface area contributed by atoms with E-state index in [-0.39, 0.29) is 12.4 Å². The predicted molar refractivity (Wildman–Crippen MR) is 75.2 cm³/mol. The molecule has 112 valence electrons. The number of carbonyl (C=O) groups is 1. The van der Waals surface area contributed by atoms with Crippen LogP contribution in [0.5, 0.6) is 0 Å². The normalized spacial score (nSPS) is 15.2. The van der Waals surface area contributed by atoms with Gasteiger partial charge in [0.25, 0.3) is 0 Å². The molecule has 2 aromatic rings. The molecule has 2 aromatic heterocycles. The number of H-pyrrole nitrogens is 1. The van der Waals surface area contributed by atoms with Gasteiger partial charge < -0.3 is 10.4 Å². The fourth-order valence-corrected chi connectivity index (χ4v) is 2.53. The number of nitrogens with one attached hydrogen (secondary N) is 2. The van der Waals surface area contributed by atoms with E-state index in [0.29, 0.717) is 11.6 Å². The summed E-state index contributed by atoms with van der Waals surface area (Å²) in [5.74, 6) is 0.964. The van der Waals surface area contributed by atoms with Gasteiger partial charge in [0.1, 0.15) is 11.9 Å². The van der Waals surface area contributed by atoms with E-state index in [2.05, 4.69) is 25.5 Å². The number of amides is 1. The molecule has 0 spiro atoms. The van der Waals surface area contributed by atoms with Gasteiger partial charge >= 0.3 is 6.09 Å². The molecule has 1 aliphatic heterocycles. The van der Waals surface area contributed by atoms with Crippen molar-refractivity contribution in [2.24, 2.45) is 0 Å². The minimum absolute atomic E-state index is 0.0460. The first-order chi connectivity index (χ1) is 10.4. The van der Waals surface area contributed by atoms with Crippen molar-refractivity contribution in [2.75, 3.05) is 5.32 Å². The molecule has 3 rings (SSSR count). The molecular formula is C13H13N7O2. The number of hydrogen-bond donors (Lipinski definition) is 3. The second kappa shape index (κ2) is 4.70. The van der Waals surface area contributed by atoms with Gasteiger partial charge in [0, 0.05) is 11.8 Å². The highest BCUT2D eigenvalue weighted by Crippen LogP contribution is 2.40. The Morgan fingerprint density at radius 3 is 3.05 bits per heavy atom. The molecule has 0 saturated heterocycles. The lowest BCUT2D eigenvalue weighted by Crippen LogP contribution is -2.39. The van der Waals surface area contributed by atoms with Crippen molar-refractivity contribution in [1.29, 1.82) is 5.26 Å². The van der Waals surface area contributed by atoms with Gasteiger partial charge in [-0.15, -0.1) is 0 Å². The molecule has 3 N–H and O–H groups in total. The summed E-state index contributed by atoms with van der Waals surface area (Å²) in [4.78, 5) is 20.5. The van der Waals surface area contributed by atoms with Crippen LogP contribution in [0.15, 0.2) is 12.3 Å². The molecule has 0 fully saturated rings. The standard InChI is InChI=1S/C13H13N7O2/c1-13(2)10-7(6-20(13)12(21)22)11(19-18-10)17-8-3-4-15-9(5-14)16-8/h3-4H,6H2,1-2H3,(H,21,22)(H2,15,16,17,18,19). The van der Waals surface area contributed by atoms with E-state index in [9.17, 15) is 9.90 Å². The lowest BCUT2D eigenvalue weighted by molar-refractivity contribution is 0.0978. The van der Waals surface area contributed by atoms with Crippen molar-refractivity contribution in [3.05, 3.63) is 29.3 Å². The molecule has 0 aromatic carbocycles. The molecule has 0 bridgehead atoms. The molecule has 9 nitrogen and oxygen atoms in total. The lowest BCUT2D eigenvalue weighted by Gasteiger charge is -2.28. The van der Waals surface area contributed by atoms with E-state index in [1.807, 2.05) is 19.9 Å². The topological polar surface area (TPSA) is 131 Å². The third kappa shape index (κ3) is 2.01. The number of aromatic nitrogens is 4. The van der Waals surface area contributed by atoms with Crippen LogP contribution in [0.4, 0.5) is 16.4 Å². The van der Waals surface area contributed by atoms with Gasteiger partial charge in [0.2, 0.25) is 5.82 Å². The van der Waals surface area contributed by atoms with E-state index >= 15 is 0 Å². The van der Waals surface area contributed by atoms with E-state index in [1.54, 1.807) is 6.07 Å². The minimum atomic E-state index is -0.991. The van der Waals surface area contributed by atoms with Gasteiger partial charge in [-0.05, 0) is 19.9 Å². The molecule has 22 heavy (non-hydrogen) atoms. The maximum atomic E-state index is 11.4. The molecule has 9 heteroatoms. The fourth-order valence-electron chi connectivity index (χ4n) is 2.53. The Morgan fingerprint density at radius 1 is 1.59 bits per heavy atom. The van der Waals surface area contributed by atoms with Crippen molar-refractivity contribution in [1.82, 2.24) is 25.1 Å². The summed E-state index contributed by atoms with van der Waals surface area (Å²) in [7, 11) is 0. The Morgan fingerprint density at radius 2 is 2.36 bits per heavy atom. The quantitative estimate of drug-likeness (QED) is 0.766. The highest BCUT2D eigenvalue weighted by Gasteiger charge is 2.43. The number of nitriles is 1. The number of fused-ring (bicyclic) bond motifs is 1. The predicted octanol–water partition coefficient (Wildman–Crippen LogP) is 1.54. The van der Waals surface area contributed by atoms with Crippen molar-refractivity contribution in [3.63, 3.8) is 0 Å². The third-order valence-electron chi connectivity index (χ3n) is 3.70. The maximum Gasteiger partial charge on any atom is 0.408 e. The first kappa shape index (κ1) is 13.8. The average Bonchev–Trinajstić information content (AvgIpc) is 2.99. The van der Waals surface area contributed by atoms with E-state index in [4.69, 9.17) is 5.26 Å². The number of rotatable bonds is 2. The van der Waals surface area contributed by atoms with E-state index < -0.39 is 11.6 Å². The Kier molecular flexibility index (Phi) is 2.95. The van der Waals surface area contributed by atoms with Crippen molar-refractivity contribution in [2.45, 2.75) is 25.9 Å². The monoisotopic (exact) mass is 299 g/mol.